The Labute approximate surface area is 78.6 Å². The molecule has 6 heteroatoms. The Hall–Kier alpha value is -1.27. The van der Waals surface area contributed by atoms with Crippen molar-refractivity contribution in [3.63, 3.8) is 0 Å². The predicted octanol–water partition coefficient (Wildman–Crippen LogP) is 0.960. The van der Waals surface area contributed by atoms with Crippen molar-refractivity contribution in [2.75, 3.05) is 0 Å². The van der Waals surface area contributed by atoms with Gasteiger partial charge in [-0.2, -0.15) is 0 Å². The summed E-state index contributed by atoms with van der Waals surface area (Å²) < 4.78 is 4.92. The molecule has 2 aromatic heterocycles. The van der Waals surface area contributed by atoms with E-state index in [1.807, 2.05) is 6.92 Å². The van der Waals surface area contributed by atoms with Gasteiger partial charge >= 0.3 is 0 Å². The van der Waals surface area contributed by atoms with E-state index in [9.17, 15) is 0 Å². The van der Waals surface area contributed by atoms with Crippen molar-refractivity contribution in [1.82, 2.24) is 15.4 Å². The zero-order chi connectivity index (χ0) is 9.26. The molecular weight excluding hydrogens is 188 g/mol. The highest BCUT2D eigenvalue weighted by Gasteiger charge is 2.10. The maximum Gasteiger partial charge on any atom is 0.153 e. The molecule has 0 spiro atoms. The highest BCUT2D eigenvalue weighted by molar-refractivity contribution is 7.14. The lowest BCUT2D eigenvalue weighted by Crippen LogP contribution is -1.94. The van der Waals surface area contributed by atoms with Crippen LogP contribution in [0.15, 0.2) is 10.7 Å². The van der Waals surface area contributed by atoms with Gasteiger partial charge in [0.05, 0.1) is 11.8 Å². The summed E-state index contributed by atoms with van der Waals surface area (Å²) in [6, 6.07) is 0. The van der Waals surface area contributed by atoms with Gasteiger partial charge in [-0.3, -0.25) is 0 Å². The fraction of sp³-hybridized carbons (Fsp3) is 0.286. The Bertz CT molecular complexity index is 408. The molecule has 0 aliphatic carbocycles. The largest absolute Gasteiger partial charge is 0.361 e. The van der Waals surface area contributed by atoms with Crippen molar-refractivity contribution in [3.05, 3.63) is 17.0 Å². The normalized spacial score (nSPS) is 10.6. The van der Waals surface area contributed by atoms with Gasteiger partial charge in [0.2, 0.25) is 0 Å². The molecule has 0 unspecified atom stereocenters. The lowest BCUT2D eigenvalue weighted by Gasteiger charge is -1.86. The number of nitrogens with zero attached hydrogens (tertiary/aromatic N) is 3. The van der Waals surface area contributed by atoms with E-state index in [0.29, 0.717) is 6.54 Å². The van der Waals surface area contributed by atoms with Crippen LogP contribution < -0.4 is 5.73 Å². The third-order valence-corrected chi connectivity index (χ3v) is 2.60. The number of rotatable bonds is 2. The molecule has 0 radical (unpaired) electrons. The molecule has 0 fully saturated rings. The molecule has 2 heterocycles. The number of hydrogen-bond donors (Lipinski definition) is 1. The molecule has 0 aliphatic heterocycles. The average molecular weight is 196 g/mol. The summed E-state index contributed by atoms with van der Waals surface area (Å²) in [6.45, 7) is 2.26. The predicted molar refractivity (Wildman–Crippen MR) is 48.0 cm³/mol. The van der Waals surface area contributed by atoms with E-state index in [1.165, 1.54) is 11.3 Å². The number of nitrogens with two attached hydrogens (primary N) is 1. The minimum atomic E-state index is 0.419. The monoisotopic (exact) mass is 196 g/mol. The van der Waals surface area contributed by atoms with Gasteiger partial charge < -0.3 is 10.3 Å². The summed E-state index contributed by atoms with van der Waals surface area (Å²) in [6.07, 6.45) is 1.64. The van der Waals surface area contributed by atoms with Crippen molar-refractivity contribution in [2.24, 2.45) is 5.73 Å². The molecule has 2 rings (SSSR count). The van der Waals surface area contributed by atoms with Crippen LogP contribution in [0.4, 0.5) is 0 Å². The number of aromatic nitrogens is 3. The van der Waals surface area contributed by atoms with E-state index in [-0.39, 0.29) is 0 Å². The molecular formula is C7H8N4OS. The maximum atomic E-state index is 5.42. The second-order valence-electron chi connectivity index (χ2n) is 2.50. The first-order valence-electron chi connectivity index (χ1n) is 3.75. The average Bonchev–Trinajstić information content (AvgIpc) is 2.71. The molecule has 0 amide bonds. The van der Waals surface area contributed by atoms with E-state index < -0.39 is 0 Å². The summed E-state index contributed by atoms with van der Waals surface area (Å²) in [5, 5.41) is 13.2. The lowest BCUT2D eigenvalue weighted by atomic mass is 10.3. The summed E-state index contributed by atoms with van der Waals surface area (Å²) in [5.41, 5.74) is 6.31. The zero-order valence-corrected chi connectivity index (χ0v) is 7.84. The minimum Gasteiger partial charge on any atom is -0.361 e. The fourth-order valence-electron chi connectivity index (χ4n) is 0.949. The van der Waals surface area contributed by atoms with Crippen molar-refractivity contribution < 1.29 is 4.52 Å². The second kappa shape index (κ2) is 3.23. The highest BCUT2D eigenvalue weighted by Crippen LogP contribution is 2.25. The third kappa shape index (κ3) is 1.45. The van der Waals surface area contributed by atoms with E-state index in [4.69, 9.17) is 10.3 Å². The van der Waals surface area contributed by atoms with Gasteiger partial charge in [0, 0.05) is 6.54 Å². The van der Waals surface area contributed by atoms with E-state index in [0.717, 1.165) is 21.3 Å². The van der Waals surface area contributed by atoms with Crippen molar-refractivity contribution in [1.29, 1.82) is 0 Å². The fourth-order valence-corrected chi connectivity index (χ4v) is 1.73. The Morgan fingerprint density at radius 2 is 2.38 bits per heavy atom. The lowest BCUT2D eigenvalue weighted by molar-refractivity contribution is 0.398. The highest BCUT2D eigenvalue weighted by atomic mass is 32.1. The quantitative estimate of drug-likeness (QED) is 0.774. The van der Waals surface area contributed by atoms with Crippen LogP contribution in [0.2, 0.25) is 0 Å². The van der Waals surface area contributed by atoms with E-state index >= 15 is 0 Å². The smallest absolute Gasteiger partial charge is 0.153 e. The van der Waals surface area contributed by atoms with Gasteiger partial charge in [-0.05, 0) is 6.92 Å². The molecule has 2 N–H and O–H groups in total. The second-order valence-corrected chi connectivity index (χ2v) is 3.56. The molecule has 0 bridgehead atoms. The van der Waals surface area contributed by atoms with E-state index in [1.54, 1.807) is 6.20 Å². The van der Waals surface area contributed by atoms with Gasteiger partial charge in [0.1, 0.15) is 10.8 Å². The molecule has 0 atom stereocenters. The Morgan fingerprint density at radius 1 is 1.54 bits per heavy atom. The molecule has 0 saturated carbocycles. The van der Waals surface area contributed by atoms with Crippen LogP contribution >= 0.6 is 11.3 Å². The first-order chi connectivity index (χ1) is 6.31. The van der Waals surface area contributed by atoms with Crippen LogP contribution in [-0.2, 0) is 6.54 Å². The first kappa shape index (κ1) is 8.33. The molecule has 2 aromatic rings. The van der Waals surface area contributed by atoms with Gasteiger partial charge in [-0.25, -0.2) is 0 Å². The van der Waals surface area contributed by atoms with Crippen LogP contribution in [0.5, 0.6) is 0 Å². The summed E-state index contributed by atoms with van der Waals surface area (Å²) in [4.78, 5) is 0. The molecule has 5 nitrogen and oxygen atoms in total. The summed E-state index contributed by atoms with van der Waals surface area (Å²) in [5.74, 6) is 0.750. The summed E-state index contributed by atoms with van der Waals surface area (Å²) in [7, 11) is 0. The van der Waals surface area contributed by atoms with Gasteiger partial charge in [-0.1, -0.05) is 16.5 Å². The summed E-state index contributed by atoms with van der Waals surface area (Å²) >= 11 is 1.46. The van der Waals surface area contributed by atoms with Crippen molar-refractivity contribution >= 4 is 11.3 Å². The Kier molecular flexibility index (Phi) is 2.07. The number of aryl methyl sites for hydroxylation is 1. The van der Waals surface area contributed by atoms with Crippen LogP contribution in [0.25, 0.3) is 10.6 Å². The van der Waals surface area contributed by atoms with Crippen LogP contribution in [0.1, 0.15) is 10.8 Å². The standard InChI is InChI=1S/C7H8N4OS/c1-4-5(3-9-12-4)7-11-10-6(2-8)13-7/h3H,2,8H2,1H3. The third-order valence-electron chi connectivity index (χ3n) is 1.62. The Morgan fingerprint density at radius 3 is 2.92 bits per heavy atom. The van der Waals surface area contributed by atoms with Crippen molar-refractivity contribution in [2.45, 2.75) is 13.5 Å². The molecule has 0 aromatic carbocycles. The van der Waals surface area contributed by atoms with Crippen LogP contribution in [0, 0.1) is 6.92 Å². The molecule has 68 valence electrons. The molecule has 13 heavy (non-hydrogen) atoms. The van der Waals surface area contributed by atoms with E-state index in [2.05, 4.69) is 15.4 Å². The van der Waals surface area contributed by atoms with Gasteiger partial charge in [0.15, 0.2) is 5.01 Å². The van der Waals surface area contributed by atoms with Crippen molar-refractivity contribution in [3.8, 4) is 10.6 Å². The van der Waals surface area contributed by atoms with Crippen LogP contribution in [0.3, 0.4) is 0 Å². The molecule has 0 saturated heterocycles. The SMILES string of the molecule is Cc1oncc1-c1nnc(CN)s1. The maximum absolute atomic E-state index is 5.42. The molecule has 0 aliphatic rings. The minimum absolute atomic E-state index is 0.419. The number of hydrogen-bond acceptors (Lipinski definition) is 6. The van der Waals surface area contributed by atoms with Crippen LogP contribution in [-0.4, -0.2) is 15.4 Å². The topological polar surface area (TPSA) is 77.8 Å². The zero-order valence-electron chi connectivity index (χ0n) is 7.02. The first-order valence-corrected chi connectivity index (χ1v) is 4.57. The Balaban J connectivity index is 2.41. The van der Waals surface area contributed by atoms with Gasteiger partial charge in [-0.15, -0.1) is 10.2 Å². The van der Waals surface area contributed by atoms with Gasteiger partial charge in [0.25, 0.3) is 0 Å².